The summed E-state index contributed by atoms with van der Waals surface area (Å²) in [4.78, 5) is 19.2. The molecule has 2 fully saturated rings. The molecule has 5 heteroatoms. The zero-order valence-electron chi connectivity index (χ0n) is 27.1. The Morgan fingerprint density at radius 1 is 0.696 bits per heavy atom. The van der Waals surface area contributed by atoms with Crippen LogP contribution in [0, 0.1) is 29.1 Å². The molecule has 2 heterocycles. The lowest BCUT2D eigenvalue weighted by atomic mass is 9.54. The Balaban J connectivity index is 1.24. The smallest absolute Gasteiger partial charge is 0.182 e. The van der Waals surface area contributed by atoms with Crippen LogP contribution in [0.25, 0.3) is 45.4 Å². The third-order valence-corrected chi connectivity index (χ3v) is 11.0. The summed E-state index contributed by atoms with van der Waals surface area (Å²) in [6.45, 7) is 9.62. The van der Waals surface area contributed by atoms with E-state index in [4.69, 9.17) is 15.0 Å². The molecule has 0 spiro atoms. The molecular weight excluding hydrogens is 562 g/mol. The predicted molar refractivity (Wildman–Crippen MR) is 183 cm³/mol. The number of rotatable bonds is 4. The van der Waals surface area contributed by atoms with E-state index in [2.05, 4.69) is 75.1 Å². The summed E-state index contributed by atoms with van der Waals surface area (Å²) in [5.41, 5.74) is 10.0. The fourth-order valence-corrected chi connectivity index (χ4v) is 9.25. The van der Waals surface area contributed by atoms with Crippen LogP contribution in [-0.4, -0.2) is 19.9 Å². The summed E-state index contributed by atoms with van der Waals surface area (Å²) in [7, 11) is 0. The first-order valence-electron chi connectivity index (χ1n) is 16.7. The number of nitriles is 1. The second-order valence-corrected chi connectivity index (χ2v) is 14.8. The van der Waals surface area contributed by atoms with Crippen LogP contribution < -0.4 is 0 Å². The molecule has 8 rings (SSSR count). The van der Waals surface area contributed by atoms with Crippen molar-refractivity contribution in [3.63, 3.8) is 0 Å². The second kappa shape index (κ2) is 10.7. The van der Waals surface area contributed by atoms with Crippen LogP contribution in [0.15, 0.2) is 85.1 Å². The van der Waals surface area contributed by atoms with E-state index in [1.807, 2.05) is 36.4 Å². The average molecular weight is 602 g/mol. The molecule has 5 nitrogen and oxygen atoms in total. The van der Waals surface area contributed by atoms with Crippen molar-refractivity contribution < 1.29 is 0 Å². The van der Waals surface area contributed by atoms with Gasteiger partial charge in [0, 0.05) is 22.7 Å². The van der Waals surface area contributed by atoms with E-state index in [0.717, 1.165) is 28.9 Å². The summed E-state index contributed by atoms with van der Waals surface area (Å²) in [6.07, 6.45) is 8.48. The Labute approximate surface area is 271 Å². The molecule has 46 heavy (non-hydrogen) atoms. The summed E-state index contributed by atoms with van der Waals surface area (Å²) in [5, 5.41) is 9.53. The lowest BCUT2D eigenvalue weighted by Gasteiger charge is -2.50. The minimum atomic E-state index is -0.153. The lowest BCUT2D eigenvalue weighted by molar-refractivity contribution is 0.0780. The van der Waals surface area contributed by atoms with Crippen LogP contribution in [0.2, 0.25) is 0 Å². The number of fused-ring (bicyclic) bond motifs is 5. The summed E-state index contributed by atoms with van der Waals surface area (Å²) < 4.78 is 0. The molecule has 2 saturated carbocycles. The van der Waals surface area contributed by atoms with Gasteiger partial charge in [-0.3, -0.25) is 4.98 Å². The Hall–Kier alpha value is -4.69. The quantitative estimate of drug-likeness (QED) is 0.205. The molecule has 228 valence electrons. The number of nitrogens with zero attached hydrogens (tertiary/aromatic N) is 5. The van der Waals surface area contributed by atoms with Crippen molar-refractivity contribution in [3.8, 4) is 51.5 Å². The van der Waals surface area contributed by atoms with Gasteiger partial charge in [-0.25, -0.2) is 15.0 Å². The van der Waals surface area contributed by atoms with E-state index in [0.29, 0.717) is 34.1 Å². The van der Waals surface area contributed by atoms with Gasteiger partial charge in [-0.1, -0.05) is 76.2 Å². The van der Waals surface area contributed by atoms with E-state index in [-0.39, 0.29) is 5.41 Å². The average Bonchev–Trinajstić information content (AvgIpc) is 3.29. The van der Waals surface area contributed by atoms with Crippen LogP contribution in [0.5, 0.6) is 0 Å². The number of aromatic nitrogens is 4. The predicted octanol–water partition coefficient (Wildman–Crippen LogP) is 9.55. The second-order valence-electron chi connectivity index (χ2n) is 14.8. The highest BCUT2D eigenvalue weighted by atomic mass is 15.0. The minimum absolute atomic E-state index is 0.153. The molecule has 2 bridgehead atoms. The van der Waals surface area contributed by atoms with Gasteiger partial charge in [0.2, 0.25) is 0 Å². The highest BCUT2D eigenvalue weighted by Crippen LogP contribution is 2.56. The van der Waals surface area contributed by atoms with Gasteiger partial charge >= 0.3 is 0 Å². The van der Waals surface area contributed by atoms with E-state index in [1.165, 1.54) is 54.4 Å². The third kappa shape index (κ3) is 4.74. The first kappa shape index (κ1) is 28.8. The van der Waals surface area contributed by atoms with E-state index < -0.39 is 0 Å². The van der Waals surface area contributed by atoms with Gasteiger partial charge in [0.05, 0.1) is 11.6 Å². The molecule has 0 aliphatic heterocycles. The van der Waals surface area contributed by atoms with Crippen molar-refractivity contribution in [2.75, 3.05) is 0 Å². The molecule has 0 N–H and O–H groups in total. The standard InChI is InChI=1S/C41H39N5/c1-25-16-28-17-26(2)22-41(21-25,23-28)31-12-14-34-33(20-31)32-13-11-30(19-35(32)40(34,3)4)38-44-37(29-9-7-8-27(18-29)24-42)45-39(46-38)36-10-5-6-15-43-36/h5-15,18-20,25-26,28H,16-17,21-23H2,1-4H3/t25-,26+,28-,41?. The maximum atomic E-state index is 9.53. The summed E-state index contributed by atoms with van der Waals surface area (Å²) in [6, 6.07) is 29.5. The molecule has 0 amide bonds. The van der Waals surface area contributed by atoms with E-state index in [1.54, 1.807) is 17.8 Å². The number of hydrogen-bond acceptors (Lipinski definition) is 5. The van der Waals surface area contributed by atoms with Gasteiger partial charge in [-0.15, -0.1) is 0 Å². The maximum Gasteiger partial charge on any atom is 0.182 e. The van der Waals surface area contributed by atoms with Crippen molar-refractivity contribution in [3.05, 3.63) is 107 Å². The van der Waals surface area contributed by atoms with E-state index in [9.17, 15) is 5.26 Å². The normalized spacial score (nSPS) is 24.1. The topological polar surface area (TPSA) is 75.3 Å². The summed E-state index contributed by atoms with van der Waals surface area (Å²) in [5.74, 6) is 4.06. The minimum Gasteiger partial charge on any atom is -0.253 e. The first-order chi connectivity index (χ1) is 22.2. The first-order valence-corrected chi connectivity index (χ1v) is 16.7. The monoisotopic (exact) mass is 601 g/mol. The van der Waals surface area contributed by atoms with Crippen LogP contribution >= 0.6 is 0 Å². The highest BCUT2D eigenvalue weighted by molar-refractivity contribution is 5.83. The maximum absolute atomic E-state index is 9.53. The zero-order chi connectivity index (χ0) is 31.6. The molecule has 4 atom stereocenters. The van der Waals surface area contributed by atoms with Crippen LogP contribution in [0.3, 0.4) is 0 Å². The number of pyridine rings is 1. The van der Waals surface area contributed by atoms with Gasteiger partial charge in [0.15, 0.2) is 17.5 Å². The number of hydrogen-bond donors (Lipinski definition) is 0. The van der Waals surface area contributed by atoms with Crippen LogP contribution in [0.4, 0.5) is 0 Å². The van der Waals surface area contributed by atoms with Gasteiger partial charge < -0.3 is 0 Å². The fourth-order valence-electron chi connectivity index (χ4n) is 9.25. The van der Waals surface area contributed by atoms with Gasteiger partial charge in [-0.05, 0) is 113 Å². The van der Waals surface area contributed by atoms with Crippen molar-refractivity contribution in [2.45, 2.75) is 70.6 Å². The van der Waals surface area contributed by atoms with Crippen molar-refractivity contribution in [1.29, 1.82) is 5.26 Å². The Morgan fingerprint density at radius 3 is 2.15 bits per heavy atom. The van der Waals surface area contributed by atoms with Gasteiger partial charge in [-0.2, -0.15) is 5.26 Å². The van der Waals surface area contributed by atoms with Gasteiger partial charge in [0.1, 0.15) is 5.69 Å². The largest absolute Gasteiger partial charge is 0.253 e. The number of benzene rings is 3. The summed E-state index contributed by atoms with van der Waals surface area (Å²) >= 11 is 0. The Kier molecular flexibility index (Phi) is 6.69. The Morgan fingerprint density at radius 2 is 1.43 bits per heavy atom. The molecule has 5 aromatic rings. The fraction of sp³-hybridized carbons (Fsp3) is 0.341. The molecule has 0 saturated heterocycles. The van der Waals surface area contributed by atoms with Crippen molar-refractivity contribution in [1.82, 2.24) is 19.9 Å². The molecule has 1 unspecified atom stereocenters. The molecule has 3 aromatic carbocycles. The lowest BCUT2D eigenvalue weighted by Crippen LogP contribution is -2.42. The zero-order valence-corrected chi connectivity index (χ0v) is 27.1. The highest BCUT2D eigenvalue weighted by Gasteiger charge is 2.46. The van der Waals surface area contributed by atoms with Gasteiger partial charge in [0.25, 0.3) is 0 Å². The molecular formula is C41H39N5. The molecule has 2 aromatic heterocycles. The molecule has 0 radical (unpaired) electrons. The van der Waals surface area contributed by atoms with Crippen LogP contribution in [-0.2, 0) is 10.8 Å². The SMILES string of the molecule is C[C@@H]1C[C@@H]2C[C@H](C)CC(c3ccc4c(c3)-c3ccc(-c5nc(-c6cccc(C#N)c6)nc(-c6ccccn6)n5)cc3C4(C)C)(C1)C2. The van der Waals surface area contributed by atoms with E-state index >= 15 is 0 Å². The van der Waals surface area contributed by atoms with Crippen molar-refractivity contribution >= 4 is 0 Å². The third-order valence-electron chi connectivity index (χ3n) is 11.0. The van der Waals surface area contributed by atoms with Crippen LogP contribution in [0.1, 0.15) is 82.1 Å². The molecule has 3 aliphatic rings. The molecule has 3 aliphatic carbocycles. The Bertz CT molecular complexity index is 2000. The van der Waals surface area contributed by atoms with Crippen molar-refractivity contribution in [2.24, 2.45) is 17.8 Å².